The first-order chi connectivity index (χ1) is 9.32. The second-order valence-electron chi connectivity index (χ2n) is 5.03. The summed E-state index contributed by atoms with van der Waals surface area (Å²) in [6.45, 7) is 0.487. The molecule has 1 fully saturated rings. The first kappa shape index (κ1) is 15.3. The number of hydrogen-bond donors (Lipinski definition) is 1. The Hall–Kier alpha value is -1.11. The van der Waals surface area contributed by atoms with Gasteiger partial charge in [0, 0.05) is 13.6 Å². The van der Waals surface area contributed by atoms with Gasteiger partial charge in [0.15, 0.2) is 0 Å². The van der Waals surface area contributed by atoms with Crippen molar-refractivity contribution in [2.45, 2.75) is 24.2 Å². The zero-order chi connectivity index (χ0) is 14.9. The molecule has 0 saturated heterocycles. The van der Waals surface area contributed by atoms with E-state index in [9.17, 15) is 13.2 Å². The molecule has 0 heterocycles. The molecule has 0 amide bonds. The van der Waals surface area contributed by atoms with Crippen molar-refractivity contribution in [2.75, 3.05) is 13.6 Å². The molecular formula is C13H16ClNO4S. The molecule has 0 radical (unpaired) electrons. The average Bonchev–Trinajstić information content (AvgIpc) is 2.32. The van der Waals surface area contributed by atoms with E-state index in [0.717, 1.165) is 19.3 Å². The Morgan fingerprint density at radius 3 is 2.55 bits per heavy atom. The molecule has 5 nitrogen and oxygen atoms in total. The predicted molar refractivity (Wildman–Crippen MR) is 75.6 cm³/mol. The molecule has 2 rings (SSSR count). The predicted octanol–water partition coefficient (Wildman–Crippen LogP) is 2.46. The molecule has 1 aromatic carbocycles. The number of benzene rings is 1. The van der Waals surface area contributed by atoms with Gasteiger partial charge in [-0.1, -0.05) is 18.0 Å². The third-order valence-corrected chi connectivity index (χ3v) is 5.75. The highest BCUT2D eigenvalue weighted by atomic mass is 35.5. The summed E-state index contributed by atoms with van der Waals surface area (Å²) in [6.07, 6.45) is 3.26. The molecule has 0 spiro atoms. The van der Waals surface area contributed by atoms with Gasteiger partial charge < -0.3 is 5.11 Å². The van der Waals surface area contributed by atoms with E-state index in [2.05, 4.69) is 0 Å². The van der Waals surface area contributed by atoms with Gasteiger partial charge in [0.05, 0.1) is 15.5 Å². The first-order valence-corrected chi connectivity index (χ1v) is 8.13. The van der Waals surface area contributed by atoms with E-state index >= 15 is 0 Å². The fraction of sp³-hybridized carbons (Fsp3) is 0.462. The van der Waals surface area contributed by atoms with Gasteiger partial charge in [-0.15, -0.1) is 0 Å². The van der Waals surface area contributed by atoms with Crippen LogP contribution in [0.3, 0.4) is 0 Å². The molecule has 0 aliphatic heterocycles. The minimum absolute atomic E-state index is 0.0225. The van der Waals surface area contributed by atoms with Gasteiger partial charge in [0.2, 0.25) is 10.0 Å². The van der Waals surface area contributed by atoms with E-state index in [1.54, 1.807) is 0 Å². The number of carboxylic acids is 1. The van der Waals surface area contributed by atoms with Gasteiger partial charge in [-0.3, -0.25) is 0 Å². The summed E-state index contributed by atoms with van der Waals surface area (Å²) in [5.41, 5.74) is -0.104. The van der Waals surface area contributed by atoms with Crippen molar-refractivity contribution in [1.82, 2.24) is 4.31 Å². The van der Waals surface area contributed by atoms with E-state index < -0.39 is 16.0 Å². The number of sulfonamides is 1. The van der Waals surface area contributed by atoms with Crippen LogP contribution in [0.4, 0.5) is 0 Å². The maximum Gasteiger partial charge on any atom is 0.337 e. The number of carbonyl (C=O) groups is 1. The Labute approximate surface area is 123 Å². The molecule has 1 saturated carbocycles. The summed E-state index contributed by atoms with van der Waals surface area (Å²) in [6, 6.07) is 3.69. The maximum absolute atomic E-state index is 12.4. The van der Waals surface area contributed by atoms with Crippen LogP contribution in [0.1, 0.15) is 29.6 Å². The molecule has 20 heavy (non-hydrogen) atoms. The molecule has 0 aromatic heterocycles. The lowest BCUT2D eigenvalue weighted by Crippen LogP contribution is -2.34. The second kappa shape index (κ2) is 5.71. The molecule has 1 aliphatic rings. The van der Waals surface area contributed by atoms with Gasteiger partial charge in [0.1, 0.15) is 0 Å². The number of rotatable bonds is 5. The number of aromatic carboxylic acids is 1. The highest BCUT2D eigenvalue weighted by Gasteiger charge is 2.27. The Kier molecular flexibility index (Phi) is 4.36. The van der Waals surface area contributed by atoms with E-state index in [1.165, 1.54) is 29.6 Å². The summed E-state index contributed by atoms with van der Waals surface area (Å²) < 4.78 is 26.0. The van der Waals surface area contributed by atoms with Gasteiger partial charge in [-0.25, -0.2) is 17.5 Å². The third-order valence-electron chi connectivity index (χ3n) is 3.62. The van der Waals surface area contributed by atoms with Crippen LogP contribution in [0.15, 0.2) is 23.1 Å². The van der Waals surface area contributed by atoms with Crippen LogP contribution in [0.25, 0.3) is 0 Å². The second-order valence-corrected chi connectivity index (χ2v) is 7.48. The Morgan fingerprint density at radius 1 is 1.45 bits per heavy atom. The molecule has 0 atom stereocenters. The molecule has 7 heteroatoms. The zero-order valence-electron chi connectivity index (χ0n) is 11.0. The number of nitrogens with zero attached hydrogens (tertiary/aromatic N) is 1. The smallest absolute Gasteiger partial charge is 0.337 e. The van der Waals surface area contributed by atoms with Crippen molar-refractivity contribution in [3.05, 3.63) is 28.8 Å². The largest absolute Gasteiger partial charge is 0.478 e. The van der Waals surface area contributed by atoms with E-state index in [0.29, 0.717) is 12.5 Å². The number of halogens is 1. The highest BCUT2D eigenvalue weighted by molar-refractivity contribution is 7.89. The average molecular weight is 318 g/mol. The summed E-state index contributed by atoms with van der Waals surface area (Å²) in [5.74, 6) is -0.759. The summed E-state index contributed by atoms with van der Waals surface area (Å²) in [5, 5.41) is 8.81. The summed E-state index contributed by atoms with van der Waals surface area (Å²) in [4.78, 5) is 10.9. The first-order valence-electron chi connectivity index (χ1n) is 6.31. The molecule has 1 N–H and O–H groups in total. The normalized spacial score (nSPS) is 16.1. The Morgan fingerprint density at radius 2 is 2.10 bits per heavy atom. The number of carboxylic acid groups (broad SMARTS) is 1. The van der Waals surface area contributed by atoms with Gasteiger partial charge in [-0.05, 0) is 37.0 Å². The van der Waals surface area contributed by atoms with Crippen LogP contribution < -0.4 is 0 Å². The van der Waals surface area contributed by atoms with Crippen LogP contribution in [-0.4, -0.2) is 37.4 Å². The van der Waals surface area contributed by atoms with Crippen LogP contribution in [0.2, 0.25) is 5.02 Å². The van der Waals surface area contributed by atoms with Crippen molar-refractivity contribution in [3.63, 3.8) is 0 Å². The molecule has 0 unspecified atom stereocenters. The highest BCUT2D eigenvalue weighted by Crippen LogP contribution is 2.29. The van der Waals surface area contributed by atoms with Crippen LogP contribution in [0.5, 0.6) is 0 Å². The van der Waals surface area contributed by atoms with Gasteiger partial charge in [0.25, 0.3) is 0 Å². The Bertz CT molecular complexity index is 625. The molecule has 1 aromatic rings. The Balaban J connectivity index is 2.24. The minimum atomic E-state index is -3.62. The molecule has 1 aliphatic carbocycles. The van der Waals surface area contributed by atoms with Crippen LogP contribution >= 0.6 is 11.6 Å². The molecular weight excluding hydrogens is 302 g/mol. The van der Waals surface area contributed by atoms with Crippen LogP contribution in [-0.2, 0) is 10.0 Å². The minimum Gasteiger partial charge on any atom is -0.478 e. The maximum atomic E-state index is 12.4. The van der Waals surface area contributed by atoms with Crippen molar-refractivity contribution >= 4 is 27.6 Å². The SMILES string of the molecule is CN(CC1CCC1)S(=O)(=O)c1ccc(C(=O)O)c(Cl)c1. The topological polar surface area (TPSA) is 74.7 Å². The van der Waals surface area contributed by atoms with Gasteiger partial charge in [-0.2, -0.15) is 0 Å². The third kappa shape index (κ3) is 2.97. The fourth-order valence-electron chi connectivity index (χ4n) is 2.15. The van der Waals surface area contributed by atoms with Crippen molar-refractivity contribution < 1.29 is 18.3 Å². The van der Waals surface area contributed by atoms with E-state index in [4.69, 9.17) is 16.7 Å². The van der Waals surface area contributed by atoms with E-state index in [1.807, 2.05) is 0 Å². The standard InChI is InChI=1S/C13H16ClNO4S/c1-15(8-9-3-2-4-9)20(18,19)10-5-6-11(13(16)17)12(14)7-10/h5-7,9H,2-4,8H2,1H3,(H,16,17). The quantitative estimate of drug-likeness (QED) is 0.905. The fourth-order valence-corrected chi connectivity index (χ4v) is 3.75. The monoisotopic (exact) mass is 317 g/mol. The summed E-state index contributed by atoms with van der Waals surface area (Å²) in [7, 11) is -2.08. The lowest BCUT2D eigenvalue weighted by atomic mass is 9.86. The lowest BCUT2D eigenvalue weighted by Gasteiger charge is -2.29. The van der Waals surface area contributed by atoms with Crippen molar-refractivity contribution in [2.24, 2.45) is 5.92 Å². The number of hydrogen-bond acceptors (Lipinski definition) is 3. The molecule has 110 valence electrons. The lowest BCUT2D eigenvalue weighted by molar-refractivity contribution is 0.0697. The van der Waals surface area contributed by atoms with E-state index in [-0.39, 0.29) is 15.5 Å². The molecule has 0 bridgehead atoms. The van der Waals surface area contributed by atoms with Crippen molar-refractivity contribution in [3.8, 4) is 0 Å². The summed E-state index contributed by atoms with van der Waals surface area (Å²) >= 11 is 5.82. The zero-order valence-corrected chi connectivity index (χ0v) is 12.6. The van der Waals surface area contributed by atoms with Crippen molar-refractivity contribution in [1.29, 1.82) is 0 Å². The van der Waals surface area contributed by atoms with Gasteiger partial charge >= 0.3 is 5.97 Å². The van der Waals surface area contributed by atoms with Crippen LogP contribution in [0, 0.1) is 5.92 Å².